The zero-order chi connectivity index (χ0) is 11.1. The van der Waals surface area contributed by atoms with E-state index in [1.54, 1.807) is 0 Å². The van der Waals surface area contributed by atoms with E-state index in [4.69, 9.17) is 0 Å². The predicted octanol–water partition coefficient (Wildman–Crippen LogP) is 1.52. The fraction of sp³-hybridized carbons (Fsp3) is 0.455. The molecule has 2 radical (unpaired) electrons. The molecular formula is C11H15N3Sn. The van der Waals surface area contributed by atoms with Crippen LogP contribution >= 0.6 is 0 Å². The van der Waals surface area contributed by atoms with Crippen LogP contribution in [0, 0.1) is 0 Å². The van der Waals surface area contributed by atoms with Crippen molar-refractivity contribution in [2.75, 3.05) is 0 Å². The number of hydrogen-bond donors (Lipinski definition) is 0. The minimum atomic E-state index is -0.666. The monoisotopic (exact) mass is 309 g/mol. The van der Waals surface area contributed by atoms with Crippen LogP contribution in [0.4, 0.5) is 0 Å². The van der Waals surface area contributed by atoms with Crippen molar-refractivity contribution in [1.29, 1.82) is 0 Å². The van der Waals surface area contributed by atoms with Gasteiger partial charge in [0.25, 0.3) is 0 Å². The van der Waals surface area contributed by atoms with Crippen LogP contribution in [0.15, 0.2) is 18.3 Å². The molecular weight excluding hydrogens is 293 g/mol. The SMILES string of the molecule is Cn1n[c]([Sn][C](C)(C)C)c2ncccc21. The number of aromatic nitrogens is 3. The van der Waals surface area contributed by atoms with E-state index in [9.17, 15) is 0 Å². The molecule has 4 heteroatoms. The van der Waals surface area contributed by atoms with Crippen LogP contribution in [-0.4, -0.2) is 35.9 Å². The Labute approximate surface area is 100 Å². The molecule has 2 rings (SSSR count). The predicted molar refractivity (Wildman–Crippen MR) is 63.6 cm³/mol. The van der Waals surface area contributed by atoms with Crippen LogP contribution in [0.2, 0.25) is 3.43 Å². The maximum absolute atomic E-state index is 4.60. The van der Waals surface area contributed by atoms with Gasteiger partial charge in [-0.3, -0.25) is 0 Å². The zero-order valence-electron chi connectivity index (χ0n) is 9.57. The number of fused-ring (bicyclic) bond motifs is 1. The number of hydrogen-bond acceptors (Lipinski definition) is 2. The quantitative estimate of drug-likeness (QED) is 0.748. The standard InChI is InChI=1S/C7H6N3.C4H9.Sn/c1-10-7-3-2-4-8-6(7)5-9-10;1-4(2)3;/h2-4H,1H3;1-3H3;. The number of rotatable bonds is 1. The summed E-state index contributed by atoms with van der Waals surface area (Å²) in [5.74, 6) is 0. The van der Waals surface area contributed by atoms with E-state index in [1.165, 1.54) is 3.71 Å². The van der Waals surface area contributed by atoms with Crippen LogP contribution in [0.3, 0.4) is 0 Å². The Kier molecular flexibility index (Phi) is 2.75. The molecule has 0 unspecified atom stereocenters. The Morgan fingerprint density at radius 3 is 2.73 bits per heavy atom. The van der Waals surface area contributed by atoms with E-state index in [0.717, 1.165) is 11.0 Å². The molecule has 0 fully saturated rings. The van der Waals surface area contributed by atoms with Crippen LogP contribution in [-0.2, 0) is 7.05 Å². The first kappa shape index (κ1) is 10.9. The van der Waals surface area contributed by atoms with Gasteiger partial charge >= 0.3 is 100 Å². The maximum atomic E-state index is 4.60. The van der Waals surface area contributed by atoms with Gasteiger partial charge in [0.15, 0.2) is 0 Å². The van der Waals surface area contributed by atoms with E-state index < -0.39 is 21.1 Å². The van der Waals surface area contributed by atoms with Crippen LogP contribution < -0.4 is 3.71 Å². The molecule has 0 aliphatic rings. The number of nitrogens with zero attached hydrogens (tertiary/aromatic N) is 3. The van der Waals surface area contributed by atoms with Gasteiger partial charge in [-0.1, -0.05) is 0 Å². The molecule has 2 aromatic heterocycles. The first-order chi connectivity index (χ1) is 6.97. The summed E-state index contributed by atoms with van der Waals surface area (Å²) in [6, 6.07) is 4.05. The molecule has 3 nitrogen and oxygen atoms in total. The molecule has 0 N–H and O–H groups in total. The van der Waals surface area contributed by atoms with E-state index in [0.29, 0.717) is 3.43 Å². The molecule has 0 aliphatic carbocycles. The van der Waals surface area contributed by atoms with Crippen LogP contribution in [0.1, 0.15) is 20.8 Å². The molecule has 15 heavy (non-hydrogen) atoms. The van der Waals surface area contributed by atoms with Gasteiger partial charge in [-0.2, -0.15) is 0 Å². The third-order valence-electron chi connectivity index (χ3n) is 2.10. The molecule has 0 bridgehead atoms. The van der Waals surface area contributed by atoms with Crippen molar-refractivity contribution in [2.45, 2.75) is 24.2 Å². The average Bonchev–Trinajstić information content (AvgIpc) is 2.42. The summed E-state index contributed by atoms with van der Waals surface area (Å²) in [7, 11) is 2.00. The summed E-state index contributed by atoms with van der Waals surface area (Å²) in [5.41, 5.74) is 2.26. The van der Waals surface area contributed by atoms with Gasteiger partial charge < -0.3 is 0 Å². The molecule has 2 heterocycles. The van der Waals surface area contributed by atoms with E-state index in [-0.39, 0.29) is 0 Å². The van der Waals surface area contributed by atoms with Gasteiger partial charge in [0.05, 0.1) is 0 Å². The molecule has 0 amide bonds. The normalized spacial score (nSPS) is 12.3. The first-order valence-electron chi connectivity index (χ1n) is 5.03. The molecule has 2 aromatic rings. The Hall–Kier alpha value is -0.581. The fourth-order valence-electron chi connectivity index (χ4n) is 1.53. The van der Waals surface area contributed by atoms with Crippen molar-refractivity contribution in [3.8, 4) is 0 Å². The van der Waals surface area contributed by atoms with Gasteiger partial charge in [0, 0.05) is 0 Å². The van der Waals surface area contributed by atoms with Gasteiger partial charge in [-0.25, -0.2) is 0 Å². The molecule has 0 saturated carbocycles. The molecule has 0 spiro atoms. The van der Waals surface area contributed by atoms with Crippen LogP contribution in [0.5, 0.6) is 0 Å². The Bertz CT molecular complexity index is 482. The van der Waals surface area contributed by atoms with Gasteiger partial charge in [-0.15, -0.1) is 0 Å². The molecule has 0 saturated heterocycles. The van der Waals surface area contributed by atoms with E-state index in [2.05, 4.69) is 36.9 Å². The molecule has 0 atom stereocenters. The Morgan fingerprint density at radius 2 is 2.07 bits per heavy atom. The third kappa shape index (κ3) is 2.33. The molecule has 78 valence electrons. The van der Waals surface area contributed by atoms with Crippen molar-refractivity contribution in [3.05, 3.63) is 18.3 Å². The summed E-state index contributed by atoms with van der Waals surface area (Å²) >= 11 is -0.666. The Morgan fingerprint density at radius 1 is 1.33 bits per heavy atom. The van der Waals surface area contributed by atoms with Gasteiger partial charge in [-0.05, 0) is 0 Å². The van der Waals surface area contributed by atoms with Crippen molar-refractivity contribution in [2.24, 2.45) is 7.05 Å². The summed E-state index contributed by atoms with van der Waals surface area (Å²) < 4.78 is 3.64. The second-order valence-electron chi connectivity index (χ2n) is 4.72. The van der Waals surface area contributed by atoms with E-state index >= 15 is 0 Å². The van der Waals surface area contributed by atoms with Gasteiger partial charge in [0.1, 0.15) is 0 Å². The summed E-state index contributed by atoms with van der Waals surface area (Å²) in [4.78, 5) is 4.45. The van der Waals surface area contributed by atoms with Crippen LogP contribution in [0.25, 0.3) is 11.0 Å². The summed E-state index contributed by atoms with van der Waals surface area (Å²) in [5, 5.41) is 4.60. The summed E-state index contributed by atoms with van der Waals surface area (Å²) in [6.45, 7) is 6.88. The number of pyridine rings is 1. The molecule has 0 aliphatic heterocycles. The average molecular weight is 308 g/mol. The van der Waals surface area contributed by atoms with Crippen molar-refractivity contribution in [3.63, 3.8) is 0 Å². The molecule has 0 aromatic carbocycles. The summed E-state index contributed by atoms with van der Waals surface area (Å²) in [6.07, 6.45) is 1.86. The van der Waals surface area contributed by atoms with Crippen molar-refractivity contribution in [1.82, 2.24) is 14.8 Å². The van der Waals surface area contributed by atoms with Gasteiger partial charge in [0.2, 0.25) is 0 Å². The van der Waals surface area contributed by atoms with E-state index in [1.807, 2.05) is 24.0 Å². The fourth-order valence-corrected chi connectivity index (χ4v) is 5.02. The zero-order valence-corrected chi connectivity index (χ0v) is 12.4. The Balaban J connectivity index is 2.53. The second-order valence-corrected chi connectivity index (χ2v) is 11.1. The topological polar surface area (TPSA) is 30.7 Å². The van der Waals surface area contributed by atoms with Crippen molar-refractivity contribution < 1.29 is 0 Å². The first-order valence-corrected chi connectivity index (χ1v) is 7.89. The minimum absolute atomic E-state index is 0.419. The number of aryl methyl sites for hydroxylation is 1. The second kappa shape index (κ2) is 3.77. The van der Waals surface area contributed by atoms with Crippen molar-refractivity contribution >= 4 is 35.9 Å². The third-order valence-corrected chi connectivity index (χ3v) is 5.88.